The Morgan fingerprint density at radius 3 is 2.86 bits per heavy atom. The fourth-order valence-corrected chi connectivity index (χ4v) is 4.00. The number of nitrogen functional groups attached to an aromatic ring is 1. The van der Waals surface area contributed by atoms with Gasteiger partial charge in [0.15, 0.2) is 0 Å². The maximum Gasteiger partial charge on any atom is 0.141 e. The minimum atomic E-state index is -0.0224. The molecule has 0 aliphatic heterocycles. The van der Waals surface area contributed by atoms with Gasteiger partial charge in [0.25, 0.3) is 0 Å². The van der Waals surface area contributed by atoms with Crippen molar-refractivity contribution in [2.45, 2.75) is 29.7 Å². The highest BCUT2D eigenvalue weighted by atomic mass is 32.2. The average Bonchev–Trinajstić information content (AvgIpc) is 2.90. The van der Waals surface area contributed by atoms with Gasteiger partial charge in [-0.25, -0.2) is 9.97 Å². The maximum atomic E-state index is 5.95. The molecule has 3 rings (SSSR count). The summed E-state index contributed by atoms with van der Waals surface area (Å²) in [5, 5.41) is 4.19. The topological polar surface area (TPSA) is 64.7 Å². The van der Waals surface area contributed by atoms with Crippen molar-refractivity contribution in [1.82, 2.24) is 15.0 Å². The van der Waals surface area contributed by atoms with Crippen molar-refractivity contribution in [1.29, 1.82) is 0 Å². The van der Waals surface area contributed by atoms with Crippen molar-refractivity contribution in [3.05, 3.63) is 34.7 Å². The predicted molar refractivity (Wildman–Crippen MR) is 97.4 cm³/mol. The molecule has 0 spiro atoms. The Kier molecular flexibility index (Phi) is 4.29. The number of fused-ring (bicyclic) bond motifs is 1. The number of pyridine rings is 1. The van der Waals surface area contributed by atoms with Gasteiger partial charge in [-0.1, -0.05) is 0 Å². The van der Waals surface area contributed by atoms with Crippen LogP contribution in [0.25, 0.3) is 10.1 Å². The Labute approximate surface area is 143 Å². The molecule has 7 heteroatoms. The largest absolute Gasteiger partial charge is 0.383 e. The summed E-state index contributed by atoms with van der Waals surface area (Å²) in [5.41, 5.74) is 8.17. The van der Waals surface area contributed by atoms with Crippen molar-refractivity contribution in [3.8, 4) is 0 Å². The number of anilines is 1. The molecule has 1 unspecified atom stereocenters. The Hall–Kier alpha value is -1.31. The van der Waals surface area contributed by atoms with Crippen LogP contribution in [0.3, 0.4) is 0 Å². The first-order valence-corrected chi connectivity index (χ1v) is 9.30. The van der Waals surface area contributed by atoms with Gasteiger partial charge in [0.2, 0.25) is 0 Å². The van der Waals surface area contributed by atoms with Gasteiger partial charge in [-0.15, -0.1) is 35.7 Å². The average molecular weight is 349 g/mol. The van der Waals surface area contributed by atoms with E-state index in [2.05, 4.69) is 46.0 Å². The Balaban J connectivity index is 2.06. The minimum Gasteiger partial charge on any atom is -0.383 e. The molecule has 3 heterocycles. The number of thiol groups is 1. The van der Waals surface area contributed by atoms with E-state index < -0.39 is 0 Å². The monoisotopic (exact) mass is 348 g/mol. The van der Waals surface area contributed by atoms with Crippen LogP contribution in [0.1, 0.15) is 29.9 Å². The lowest BCUT2D eigenvalue weighted by atomic mass is 10.0. The third-order valence-corrected chi connectivity index (χ3v) is 5.92. The molecule has 0 saturated heterocycles. The number of rotatable bonds is 3. The van der Waals surface area contributed by atoms with Gasteiger partial charge >= 0.3 is 0 Å². The van der Waals surface area contributed by atoms with Crippen molar-refractivity contribution in [2.75, 3.05) is 12.0 Å². The number of aromatic nitrogens is 3. The molecule has 0 aliphatic carbocycles. The first kappa shape index (κ1) is 15.6. The molecule has 0 bridgehead atoms. The number of thioether (sulfide) groups is 1. The zero-order valence-electron chi connectivity index (χ0n) is 12.5. The van der Waals surface area contributed by atoms with Crippen LogP contribution in [0.5, 0.6) is 0 Å². The molecule has 2 N–H and O–H groups in total. The minimum absolute atomic E-state index is 0.0224. The quantitative estimate of drug-likeness (QED) is 0.423. The Bertz CT molecular complexity index is 844. The summed E-state index contributed by atoms with van der Waals surface area (Å²) in [6, 6.07) is 2.12. The van der Waals surface area contributed by atoms with Crippen molar-refractivity contribution >= 4 is 51.6 Å². The molecule has 1 atom stereocenters. The lowest BCUT2D eigenvalue weighted by Crippen LogP contribution is -2.08. The highest BCUT2D eigenvalue weighted by Gasteiger charge is 2.18. The second kappa shape index (κ2) is 6.06. The van der Waals surface area contributed by atoms with Crippen LogP contribution in [-0.2, 0) is 0 Å². The SMILES string of the molecule is CSc1nc(C(C)c2cc3c(C)csc3cn2)nc(N)c1S. The number of nitrogens with zero attached hydrogens (tertiary/aromatic N) is 3. The van der Waals surface area contributed by atoms with Gasteiger partial charge in [0.1, 0.15) is 16.7 Å². The molecule has 0 saturated carbocycles. The summed E-state index contributed by atoms with van der Waals surface area (Å²) in [7, 11) is 0. The second-order valence-corrected chi connectivity index (χ2v) is 7.22. The third kappa shape index (κ3) is 2.68. The number of nitrogens with two attached hydrogens (primary N) is 1. The summed E-state index contributed by atoms with van der Waals surface area (Å²) >= 11 is 7.59. The van der Waals surface area contributed by atoms with Gasteiger partial charge in [0, 0.05) is 6.20 Å². The molecule has 0 radical (unpaired) electrons. The fourth-order valence-electron chi connectivity index (χ4n) is 2.25. The normalized spacial score (nSPS) is 12.7. The number of hydrogen-bond acceptors (Lipinski definition) is 7. The van der Waals surface area contributed by atoms with Crippen LogP contribution in [0.15, 0.2) is 27.6 Å². The van der Waals surface area contributed by atoms with Crippen LogP contribution in [-0.4, -0.2) is 21.2 Å². The van der Waals surface area contributed by atoms with Gasteiger partial charge in [0.05, 0.1) is 21.2 Å². The third-order valence-electron chi connectivity index (χ3n) is 3.60. The molecular formula is C15H16N4S3. The second-order valence-electron chi connectivity index (χ2n) is 5.07. The molecular weight excluding hydrogens is 332 g/mol. The molecule has 114 valence electrons. The first-order valence-electron chi connectivity index (χ1n) is 6.75. The van der Waals surface area contributed by atoms with Crippen LogP contribution >= 0.6 is 35.7 Å². The summed E-state index contributed by atoms with van der Waals surface area (Å²) in [6.45, 7) is 4.16. The maximum absolute atomic E-state index is 5.95. The molecule has 0 aromatic carbocycles. The summed E-state index contributed by atoms with van der Waals surface area (Å²) in [4.78, 5) is 14.2. The van der Waals surface area contributed by atoms with Crippen molar-refractivity contribution in [2.24, 2.45) is 0 Å². The van der Waals surface area contributed by atoms with Gasteiger partial charge in [-0.05, 0) is 42.5 Å². The fraction of sp³-hybridized carbons (Fsp3) is 0.267. The summed E-state index contributed by atoms with van der Waals surface area (Å²) in [5.74, 6) is 1.07. The summed E-state index contributed by atoms with van der Waals surface area (Å²) < 4.78 is 1.20. The van der Waals surface area contributed by atoms with E-state index in [-0.39, 0.29) is 5.92 Å². The molecule has 0 fully saturated rings. The highest BCUT2D eigenvalue weighted by molar-refractivity contribution is 7.99. The van der Waals surface area contributed by atoms with Crippen LogP contribution < -0.4 is 5.73 Å². The standard InChI is InChI=1S/C15H16N4S3/c1-7-6-22-11-5-17-10(4-9(7)11)8(2)14-18-13(16)12(20)15(19-14)21-3/h4-6,8,20H,1-3H3,(H2,16,18,19). The Morgan fingerprint density at radius 1 is 1.36 bits per heavy atom. The molecule has 3 aromatic rings. The summed E-state index contributed by atoms with van der Waals surface area (Å²) in [6.07, 6.45) is 3.87. The van der Waals surface area contributed by atoms with Crippen molar-refractivity contribution in [3.63, 3.8) is 0 Å². The number of thiophene rings is 1. The first-order chi connectivity index (χ1) is 10.5. The number of aryl methyl sites for hydroxylation is 1. The van der Waals surface area contributed by atoms with E-state index in [0.29, 0.717) is 16.5 Å². The van der Waals surface area contributed by atoms with E-state index in [9.17, 15) is 0 Å². The van der Waals surface area contributed by atoms with Gasteiger partial charge in [-0.3, -0.25) is 4.98 Å². The van der Waals surface area contributed by atoms with E-state index in [1.807, 2.05) is 19.4 Å². The number of hydrogen-bond donors (Lipinski definition) is 2. The zero-order valence-corrected chi connectivity index (χ0v) is 15.0. The molecule has 22 heavy (non-hydrogen) atoms. The van der Waals surface area contributed by atoms with Crippen LogP contribution in [0, 0.1) is 6.92 Å². The lowest BCUT2D eigenvalue weighted by molar-refractivity contribution is 0.756. The highest BCUT2D eigenvalue weighted by Crippen LogP contribution is 2.31. The lowest BCUT2D eigenvalue weighted by Gasteiger charge is -2.13. The van der Waals surface area contributed by atoms with E-state index in [1.165, 1.54) is 27.4 Å². The smallest absolute Gasteiger partial charge is 0.141 e. The van der Waals surface area contributed by atoms with E-state index in [0.717, 1.165) is 10.7 Å². The molecule has 0 aliphatic rings. The van der Waals surface area contributed by atoms with E-state index in [4.69, 9.17) is 5.73 Å². The molecule has 4 nitrogen and oxygen atoms in total. The molecule has 0 amide bonds. The molecule has 3 aromatic heterocycles. The zero-order chi connectivity index (χ0) is 15.9. The van der Waals surface area contributed by atoms with E-state index in [1.54, 1.807) is 11.3 Å². The van der Waals surface area contributed by atoms with Crippen LogP contribution in [0.2, 0.25) is 0 Å². The van der Waals surface area contributed by atoms with Crippen molar-refractivity contribution < 1.29 is 0 Å². The predicted octanol–water partition coefficient (Wildman–Crippen LogP) is 4.14. The van der Waals surface area contributed by atoms with Gasteiger partial charge in [-0.2, -0.15) is 0 Å². The van der Waals surface area contributed by atoms with E-state index >= 15 is 0 Å². The van der Waals surface area contributed by atoms with Gasteiger partial charge < -0.3 is 5.73 Å². The van der Waals surface area contributed by atoms with Crippen LogP contribution in [0.4, 0.5) is 5.82 Å². The Morgan fingerprint density at radius 2 is 2.14 bits per heavy atom.